The summed E-state index contributed by atoms with van der Waals surface area (Å²) in [5.74, 6) is 0. The van der Waals surface area contributed by atoms with Crippen LogP contribution in [0.25, 0.3) is 0 Å². The molecule has 0 bridgehead atoms. The summed E-state index contributed by atoms with van der Waals surface area (Å²) in [7, 11) is -10.1. The fourth-order valence-electron chi connectivity index (χ4n) is 0.139. The van der Waals surface area contributed by atoms with Crippen LogP contribution in [0.5, 0.6) is 0 Å². The van der Waals surface area contributed by atoms with Gasteiger partial charge in [-0.25, -0.2) is 9.13 Å². The van der Waals surface area contributed by atoms with Gasteiger partial charge < -0.3 is 19.6 Å². The fourth-order valence-corrected chi connectivity index (χ4v) is 1.25. The third-order valence-electron chi connectivity index (χ3n) is 0.213. The second kappa shape index (κ2) is 5.95. The van der Waals surface area contributed by atoms with E-state index in [1.54, 1.807) is 0 Å². The molecule has 0 spiro atoms. The van der Waals surface area contributed by atoms with Crippen molar-refractivity contribution < 1.29 is 69.6 Å². The normalized spacial score (nSPS) is 11.3. The first-order chi connectivity index (χ1) is 3.71. The average molecular weight is 299 g/mol. The molecule has 11 heteroatoms. The molecule has 0 saturated carbocycles. The number of phosphoric acid groups is 2. The molecule has 0 saturated heterocycles. The van der Waals surface area contributed by atoms with Crippen molar-refractivity contribution in [3.05, 3.63) is 0 Å². The van der Waals surface area contributed by atoms with Crippen LogP contribution in [-0.2, 0) is 50.0 Å². The molecule has 0 aromatic rings. The molecule has 0 aromatic carbocycles. The molecule has 0 aliphatic heterocycles. The van der Waals surface area contributed by atoms with Gasteiger partial charge in [0, 0.05) is 36.5 Å². The minimum atomic E-state index is -5.05. The van der Waals surface area contributed by atoms with E-state index in [0.29, 0.717) is 0 Å². The van der Waals surface area contributed by atoms with E-state index < -0.39 is 15.6 Å². The first kappa shape index (κ1) is 18.2. The smallest absolute Gasteiger partial charge is 0.302 e. The van der Waals surface area contributed by atoms with Crippen LogP contribution in [0.15, 0.2) is 0 Å². The van der Waals surface area contributed by atoms with Crippen LogP contribution >= 0.6 is 15.6 Å². The molecule has 0 fully saturated rings. The summed E-state index contributed by atoms with van der Waals surface area (Å²) >= 11 is 0. The van der Waals surface area contributed by atoms with Crippen LogP contribution in [-0.4, -0.2) is 19.6 Å². The van der Waals surface area contributed by atoms with E-state index in [1.165, 1.54) is 0 Å². The van der Waals surface area contributed by atoms with E-state index in [0.717, 1.165) is 0 Å². The monoisotopic (exact) mass is 298 g/mol. The number of hydrogen-bond donors (Lipinski definition) is 4. The maximum absolute atomic E-state index is 9.63. The van der Waals surface area contributed by atoms with Crippen LogP contribution in [0.3, 0.4) is 0 Å². The Morgan fingerprint density at radius 1 is 0.909 bits per heavy atom. The molecule has 0 unspecified atom stereocenters. The van der Waals surface area contributed by atoms with Gasteiger partial charge in [0.15, 0.2) is 0 Å². The predicted octanol–water partition coefficient (Wildman–Crippen LogP) is -0.817. The van der Waals surface area contributed by atoms with Gasteiger partial charge in [-0.15, -0.1) is 0 Å². The summed E-state index contributed by atoms with van der Waals surface area (Å²) in [6.07, 6.45) is 0. The van der Waals surface area contributed by atoms with Crippen molar-refractivity contribution in [1.82, 2.24) is 0 Å². The van der Waals surface area contributed by atoms with Crippen LogP contribution in [0.4, 0.5) is 0 Å². The maximum atomic E-state index is 9.63. The third kappa shape index (κ3) is 18.4. The van der Waals surface area contributed by atoms with Crippen molar-refractivity contribution in [2.75, 3.05) is 0 Å². The van der Waals surface area contributed by atoms with E-state index in [4.69, 9.17) is 19.6 Å². The molecule has 7 nitrogen and oxygen atoms in total. The van der Waals surface area contributed by atoms with Gasteiger partial charge in [0.2, 0.25) is 0 Å². The molecular formula is H4FeO7P2Zn. The van der Waals surface area contributed by atoms with Gasteiger partial charge >= 0.3 is 15.6 Å². The zero-order chi connectivity index (χ0) is 7.71. The first-order valence-corrected chi connectivity index (χ1v) is 4.59. The van der Waals surface area contributed by atoms with Gasteiger partial charge in [0.25, 0.3) is 0 Å². The molecule has 11 heavy (non-hydrogen) atoms. The van der Waals surface area contributed by atoms with Crippen molar-refractivity contribution in [3.63, 3.8) is 0 Å². The van der Waals surface area contributed by atoms with Crippen molar-refractivity contribution in [2.45, 2.75) is 0 Å². The van der Waals surface area contributed by atoms with Crippen LogP contribution in [0.1, 0.15) is 0 Å². The van der Waals surface area contributed by atoms with Gasteiger partial charge in [-0.2, -0.15) is 4.31 Å². The minimum Gasteiger partial charge on any atom is -0.302 e. The van der Waals surface area contributed by atoms with Crippen LogP contribution in [0.2, 0.25) is 0 Å². The minimum absolute atomic E-state index is 0. The summed E-state index contributed by atoms with van der Waals surface area (Å²) in [4.78, 5) is 31.0. The van der Waals surface area contributed by atoms with E-state index >= 15 is 0 Å². The zero-order valence-electron chi connectivity index (χ0n) is 4.97. The molecule has 0 aliphatic rings. The van der Waals surface area contributed by atoms with Gasteiger partial charge in [0.05, 0.1) is 0 Å². The van der Waals surface area contributed by atoms with E-state index in [-0.39, 0.29) is 36.5 Å². The maximum Gasteiger partial charge on any atom is 0.478 e. The predicted molar refractivity (Wildman–Crippen MR) is 25.2 cm³/mol. The Morgan fingerprint density at radius 3 is 1.09 bits per heavy atom. The third-order valence-corrected chi connectivity index (χ3v) is 1.91. The van der Waals surface area contributed by atoms with Crippen LogP contribution < -0.4 is 0 Å². The topological polar surface area (TPSA) is 124 Å². The van der Waals surface area contributed by atoms with E-state index in [1.807, 2.05) is 0 Å². The molecule has 0 radical (unpaired) electrons. The first-order valence-electron chi connectivity index (χ1n) is 1.53. The van der Waals surface area contributed by atoms with Gasteiger partial charge in [0.1, 0.15) is 0 Å². The molecule has 0 heterocycles. The van der Waals surface area contributed by atoms with Crippen molar-refractivity contribution in [2.24, 2.45) is 0 Å². The second-order valence-corrected chi connectivity index (χ2v) is 3.68. The molecule has 0 atom stereocenters. The van der Waals surface area contributed by atoms with Gasteiger partial charge in [-0.1, -0.05) is 0 Å². The van der Waals surface area contributed by atoms with E-state index in [2.05, 4.69) is 4.31 Å². The number of hydrogen-bond acceptors (Lipinski definition) is 3. The van der Waals surface area contributed by atoms with E-state index in [9.17, 15) is 9.13 Å². The summed E-state index contributed by atoms with van der Waals surface area (Å²) in [5, 5.41) is 0. The zero-order valence-corrected chi connectivity index (χ0v) is 10.8. The molecule has 0 rings (SSSR count). The molecule has 0 aliphatic carbocycles. The number of rotatable bonds is 2. The standard InChI is InChI=1S/Fe.H4O7P2.Zn/c;1-8(2,3)7-9(4,5)6;/h;(H2,1,2,3)(H2,4,5,6);. The van der Waals surface area contributed by atoms with Crippen molar-refractivity contribution in [1.29, 1.82) is 0 Å². The second-order valence-electron chi connectivity index (χ2n) is 1.06. The van der Waals surface area contributed by atoms with Gasteiger partial charge in [-0.05, 0) is 0 Å². The summed E-state index contributed by atoms with van der Waals surface area (Å²) < 4.78 is 22.2. The Kier molecular flexibility index (Phi) is 9.86. The molecule has 0 amide bonds. The largest absolute Gasteiger partial charge is 0.478 e. The van der Waals surface area contributed by atoms with Crippen molar-refractivity contribution in [3.8, 4) is 0 Å². The van der Waals surface area contributed by atoms with Crippen molar-refractivity contribution >= 4 is 15.6 Å². The van der Waals surface area contributed by atoms with Crippen LogP contribution in [0, 0.1) is 0 Å². The summed E-state index contributed by atoms with van der Waals surface area (Å²) in [5.41, 5.74) is 0. The Labute approximate surface area is 85.2 Å². The SMILES string of the molecule is O=P(O)(O)OP(=O)(O)O.[Fe].[Zn]. The summed E-state index contributed by atoms with van der Waals surface area (Å²) in [6, 6.07) is 0. The summed E-state index contributed by atoms with van der Waals surface area (Å²) in [6.45, 7) is 0. The Morgan fingerprint density at radius 2 is 1.09 bits per heavy atom. The molecular weight excluding hydrogens is 295 g/mol. The fraction of sp³-hybridized carbons (Fsp3) is 0. The molecule has 4 N–H and O–H groups in total. The Bertz CT molecular complexity index is 157. The molecule has 66 valence electrons. The quantitative estimate of drug-likeness (QED) is 0.388. The Balaban J connectivity index is -0.000000320. The van der Waals surface area contributed by atoms with Gasteiger partial charge in [-0.3, -0.25) is 0 Å². The Hall–Kier alpha value is 1.40. The average Bonchev–Trinajstić information content (AvgIpc) is 1.14. The molecule has 0 aromatic heterocycles.